The first kappa shape index (κ1) is 16.8. The normalized spacial score (nSPS) is 11.0. The van der Waals surface area contributed by atoms with Crippen LogP contribution in [0.15, 0.2) is 42.6 Å². The zero-order valence-electron chi connectivity index (χ0n) is 13.9. The third kappa shape index (κ3) is 4.00. The number of aromatic nitrogens is 1. The van der Waals surface area contributed by atoms with Crippen LogP contribution in [-0.2, 0) is 5.41 Å². The molecule has 1 heterocycles. The van der Waals surface area contributed by atoms with Gasteiger partial charge in [-0.2, -0.15) is 0 Å². The molecule has 5 nitrogen and oxygen atoms in total. The van der Waals surface area contributed by atoms with Gasteiger partial charge in [0, 0.05) is 18.2 Å². The predicted molar refractivity (Wildman–Crippen MR) is 89.1 cm³/mol. The Morgan fingerprint density at radius 1 is 1.13 bits per heavy atom. The lowest BCUT2D eigenvalue weighted by atomic mass is 9.84. The molecule has 0 aliphatic heterocycles. The number of amides is 1. The molecular weight excluding hydrogens is 292 g/mol. The maximum Gasteiger partial charge on any atom is 0.269 e. The van der Waals surface area contributed by atoms with Gasteiger partial charge in [-0.05, 0) is 29.8 Å². The van der Waals surface area contributed by atoms with Crippen molar-refractivity contribution in [2.75, 3.05) is 20.8 Å². The van der Waals surface area contributed by atoms with Gasteiger partial charge < -0.3 is 14.8 Å². The molecule has 0 aliphatic rings. The summed E-state index contributed by atoms with van der Waals surface area (Å²) in [6.07, 6.45) is 1.61. The second kappa shape index (κ2) is 7.13. The van der Waals surface area contributed by atoms with E-state index in [9.17, 15) is 4.79 Å². The van der Waals surface area contributed by atoms with E-state index in [1.54, 1.807) is 38.6 Å². The average Bonchev–Trinajstić information content (AvgIpc) is 2.59. The van der Waals surface area contributed by atoms with E-state index in [0.29, 0.717) is 23.7 Å². The van der Waals surface area contributed by atoms with E-state index < -0.39 is 0 Å². The summed E-state index contributed by atoms with van der Waals surface area (Å²) in [5.74, 6) is 1.18. The summed E-state index contributed by atoms with van der Waals surface area (Å²) in [5, 5.41) is 2.93. The van der Waals surface area contributed by atoms with Crippen LogP contribution >= 0.6 is 0 Å². The largest absolute Gasteiger partial charge is 0.493 e. The fourth-order valence-electron chi connectivity index (χ4n) is 2.25. The lowest BCUT2D eigenvalue weighted by molar-refractivity contribution is 0.0940. The number of benzene rings is 1. The Bertz CT molecular complexity index is 669. The van der Waals surface area contributed by atoms with E-state index in [1.807, 2.05) is 18.2 Å². The number of nitrogens with one attached hydrogen (secondary N) is 1. The molecule has 2 aromatic rings. The molecule has 1 N–H and O–H groups in total. The lowest BCUT2D eigenvalue weighted by Gasteiger charge is -2.26. The van der Waals surface area contributed by atoms with Crippen molar-refractivity contribution in [2.24, 2.45) is 0 Å². The number of carbonyl (C=O) groups is 1. The van der Waals surface area contributed by atoms with Crippen LogP contribution in [-0.4, -0.2) is 31.7 Å². The summed E-state index contributed by atoms with van der Waals surface area (Å²) in [7, 11) is 3.22. The van der Waals surface area contributed by atoms with Gasteiger partial charge in [-0.15, -0.1) is 0 Å². The van der Waals surface area contributed by atoms with Gasteiger partial charge in [0.2, 0.25) is 0 Å². The molecule has 1 aromatic carbocycles. The van der Waals surface area contributed by atoms with Crippen molar-refractivity contribution in [3.63, 3.8) is 0 Å². The van der Waals surface area contributed by atoms with Crippen molar-refractivity contribution in [3.05, 3.63) is 53.9 Å². The Morgan fingerprint density at radius 3 is 2.48 bits per heavy atom. The topological polar surface area (TPSA) is 60.5 Å². The molecule has 0 radical (unpaired) electrons. The Labute approximate surface area is 136 Å². The summed E-state index contributed by atoms with van der Waals surface area (Å²) in [6, 6.07) is 11.1. The van der Waals surface area contributed by atoms with Crippen LogP contribution in [0, 0.1) is 0 Å². The highest BCUT2D eigenvalue weighted by atomic mass is 16.5. The van der Waals surface area contributed by atoms with Crippen LogP contribution in [0.2, 0.25) is 0 Å². The molecule has 0 saturated heterocycles. The Balaban J connectivity index is 2.11. The summed E-state index contributed by atoms with van der Waals surface area (Å²) >= 11 is 0. The van der Waals surface area contributed by atoms with Gasteiger partial charge in [-0.25, -0.2) is 0 Å². The third-order valence-electron chi connectivity index (χ3n) is 3.75. The van der Waals surface area contributed by atoms with E-state index in [0.717, 1.165) is 5.56 Å². The first-order chi connectivity index (χ1) is 11.0. The molecule has 23 heavy (non-hydrogen) atoms. The van der Waals surface area contributed by atoms with Gasteiger partial charge in [0.25, 0.3) is 5.91 Å². The maximum absolute atomic E-state index is 12.1. The van der Waals surface area contributed by atoms with Crippen LogP contribution in [0.4, 0.5) is 0 Å². The molecule has 5 heteroatoms. The van der Waals surface area contributed by atoms with Crippen molar-refractivity contribution in [1.29, 1.82) is 0 Å². The van der Waals surface area contributed by atoms with Gasteiger partial charge in [0.05, 0.1) is 14.2 Å². The second-order valence-corrected chi connectivity index (χ2v) is 5.85. The molecule has 0 unspecified atom stereocenters. The first-order valence-corrected chi connectivity index (χ1v) is 7.39. The van der Waals surface area contributed by atoms with Crippen molar-refractivity contribution >= 4 is 5.91 Å². The summed E-state index contributed by atoms with van der Waals surface area (Å²) in [5.41, 5.74) is 1.20. The molecule has 0 fully saturated rings. The molecule has 0 aliphatic carbocycles. The number of carbonyl (C=O) groups excluding carboxylic acids is 1. The molecule has 122 valence electrons. The monoisotopic (exact) mass is 314 g/mol. The smallest absolute Gasteiger partial charge is 0.269 e. The van der Waals surface area contributed by atoms with Crippen molar-refractivity contribution in [2.45, 2.75) is 19.3 Å². The number of nitrogens with zero attached hydrogens (tertiary/aromatic N) is 1. The molecule has 1 aromatic heterocycles. The minimum absolute atomic E-state index is 0.181. The Kier molecular flexibility index (Phi) is 5.21. The fraction of sp³-hybridized carbons (Fsp3) is 0.333. The Hall–Kier alpha value is -2.56. The minimum atomic E-state index is -0.260. The molecular formula is C18H22N2O3. The number of rotatable bonds is 6. The van der Waals surface area contributed by atoms with Gasteiger partial charge in [-0.1, -0.05) is 26.0 Å². The Morgan fingerprint density at radius 2 is 1.87 bits per heavy atom. The first-order valence-electron chi connectivity index (χ1n) is 7.39. The van der Waals surface area contributed by atoms with Crippen LogP contribution in [0.1, 0.15) is 29.9 Å². The molecule has 0 spiro atoms. The number of methoxy groups -OCH3 is 2. The summed E-state index contributed by atoms with van der Waals surface area (Å²) in [6.45, 7) is 4.61. The zero-order chi connectivity index (χ0) is 16.9. The number of ether oxygens (including phenoxy) is 2. The van der Waals surface area contributed by atoms with Gasteiger partial charge in [0.15, 0.2) is 11.5 Å². The second-order valence-electron chi connectivity index (χ2n) is 5.85. The molecule has 0 saturated carbocycles. The van der Waals surface area contributed by atoms with E-state index in [2.05, 4.69) is 24.1 Å². The third-order valence-corrected chi connectivity index (χ3v) is 3.75. The summed E-state index contributed by atoms with van der Waals surface area (Å²) < 4.78 is 10.6. The number of hydrogen-bond acceptors (Lipinski definition) is 4. The van der Waals surface area contributed by atoms with Gasteiger partial charge >= 0.3 is 0 Å². The molecule has 0 atom stereocenters. The van der Waals surface area contributed by atoms with Crippen molar-refractivity contribution < 1.29 is 14.3 Å². The van der Waals surface area contributed by atoms with E-state index in [-0.39, 0.29) is 11.3 Å². The van der Waals surface area contributed by atoms with E-state index in [4.69, 9.17) is 9.47 Å². The van der Waals surface area contributed by atoms with Crippen LogP contribution in [0.25, 0.3) is 0 Å². The van der Waals surface area contributed by atoms with Crippen molar-refractivity contribution in [3.8, 4) is 11.5 Å². The highest BCUT2D eigenvalue weighted by Gasteiger charge is 2.23. The maximum atomic E-state index is 12.1. The van der Waals surface area contributed by atoms with Crippen LogP contribution in [0.5, 0.6) is 11.5 Å². The molecule has 0 bridgehead atoms. The molecule has 2 rings (SSSR count). The highest BCUT2D eigenvalue weighted by Crippen LogP contribution is 2.32. The fourth-order valence-corrected chi connectivity index (χ4v) is 2.25. The van der Waals surface area contributed by atoms with E-state index >= 15 is 0 Å². The number of pyridine rings is 1. The van der Waals surface area contributed by atoms with Crippen molar-refractivity contribution in [1.82, 2.24) is 10.3 Å². The predicted octanol–water partition coefficient (Wildman–Crippen LogP) is 2.81. The highest BCUT2D eigenvalue weighted by molar-refractivity contribution is 5.92. The lowest BCUT2D eigenvalue weighted by Crippen LogP contribution is -2.37. The quantitative estimate of drug-likeness (QED) is 0.890. The molecule has 1 amide bonds. The standard InChI is InChI=1S/C18H22N2O3/c1-18(2,12-20-17(21)14-7-5-6-10-19-14)13-8-9-15(22-3)16(11-13)23-4/h5-11H,12H2,1-4H3,(H,20,21). The zero-order valence-corrected chi connectivity index (χ0v) is 13.9. The number of hydrogen-bond donors (Lipinski definition) is 1. The van der Waals surface area contributed by atoms with Crippen LogP contribution < -0.4 is 14.8 Å². The van der Waals surface area contributed by atoms with E-state index in [1.165, 1.54) is 0 Å². The summed E-state index contributed by atoms with van der Waals surface area (Å²) in [4.78, 5) is 16.2. The van der Waals surface area contributed by atoms with Gasteiger partial charge in [-0.3, -0.25) is 9.78 Å². The van der Waals surface area contributed by atoms with Gasteiger partial charge in [0.1, 0.15) is 5.69 Å². The van der Waals surface area contributed by atoms with Crippen LogP contribution in [0.3, 0.4) is 0 Å². The SMILES string of the molecule is COc1ccc(C(C)(C)CNC(=O)c2ccccn2)cc1OC. The minimum Gasteiger partial charge on any atom is -0.493 e. The average molecular weight is 314 g/mol.